The van der Waals surface area contributed by atoms with Crippen LogP contribution in [0.1, 0.15) is 36.8 Å². The average Bonchev–Trinajstić information content (AvgIpc) is 2.78. The molecule has 156 valence electrons. The number of aryl methyl sites for hydroxylation is 1. The fourth-order valence-corrected chi connectivity index (χ4v) is 4.22. The Kier molecular flexibility index (Phi) is 6.47. The summed E-state index contributed by atoms with van der Waals surface area (Å²) in [5.74, 6) is 0.156. The molecule has 3 atom stereocenters. The Bertz CT molecular complexity index is 895. The highest BCUT2D eigenvalue weighted by atomic mass is 16.5. The summed E-state index contributed by atoms with van der Waals surface area (Å²) in [4.78, 5) is 25.1. The van der Waals surface area contributed by atoms with Crippen molar-refractivity contribution in [1.82, 2.24) is 10.6 Å². The van der Waals surface area contributed by atoms with Crippen molar-refractivity contribution in [2.75, 3.05) is 6.54 Å². The largest absolute Gasteiger partial charge is 0.483 e. The number of benzene rings is 2. The van der Waals surface area contributed by atoms with Crippen molar-refractivity contribution >= 4 is 17.9 Å². The molecule has 0 radical (unpaired) electrons. The van der Waals surface area contributed by atoms with Gasteiger partial charge in [0.1, 0.15) is 6.10 Å². The van der Waals surface area contributed by atoms with Gasteiger partial charge in [-0.1, -0.05) is 60.7 Å². The molecule has 0 spiro atoms. The fourth-order valence-electron chi connectivity index (χ4n) is 4.22. The topological polar surface area (TPSA) is 67.4 Å². The van der Waals surface area contributed by atoms with Crippen LogP contribution in [-0.2, 0) is 20.7 Å². The van der Waals surface area contributed by atoms with E-state index < -0.39 is 0 Å². The average molecular weight is 405 g/mol. The molecule has 2 aromatic rings. The van der Waals surface area contributed by atoms with E-state index in [1.54, 1.807) is 6.08 Å². The Balaban J connectivity index is 1.25. The predicted molar refractivity (Wildman–Crippen MR) is 116 cm³/mol. The van der Waals surface area contributed by atoms with Gasteiger partial charge in [-0.2, -0.15) is 0 Å². The molecule has 2 aromatic carbocycles. The van der Waals surface area contributed by atoms with Gasteiger partial charge in [-0.3, -0.25) is 9.59 Å². The van der Waals surface area contributed by atoms with E-state index in [1.165, 1.54) is 5.56 Å². The van der Waals surface area contributed by atoms with Gasteiger partial charge >= 0.3 is 0 Å². The zero-order chi connectivity index (χ0) is 20.8. The van der Waals surface area contributed by atoms with Crippen molar-refractivity contribution in [3.05, 3.63) is 77.5 Å². The Morgan fingerprint density at radius 3 is 2.57 bits per heavy atom. The Morgan fingerprint density at radius 1 is 1.07 bits per heavy atom. The van der Waals surface area contributed by atoms with Crippen LogP contribution in [0.2, 0.25) is 0 Å². The second kappa shape index (κ2) is 9.61. The molecule has 2 aliphatic rings. The lowest BCUT2D eigenvalue weighted by Crippen LogP contribution is -2.54. The fraction of sp³-hybridized carbons (Fsp3) is 0.360. The molecule has 5 heteroatoms. The first kappa shape index (κ1) is 20.2. The van der Waals surface area contributed by atoms with Gasteiger partial charge in [0.15, 0.2) is 5.76 Å². The molecule has 2 N–H and O–H groups in total. The predicted octanol–water partition coefficient (Wildman–Crippen LogP) is 3.46. The first-order chi connectivity index (χ1) is 14.7. The third-order valence-corrected chi connectivity index (χ3v) is 5.86. The summed E-state index contributed by atoms with van der Waals surface area (Å²) in [5.41, 5.74) is 2.22. The van der Waals surface area contributed by atoms with Gasteiger partial charge in [0.2, 0.25) is 5.91 Å². The summed E-state index contributed by atoms with van der Waals surface area (Å²) in [7, 11) is 0. The molecule has 0 aromatic heterocycles. The quantitative estimate of drug-likeness (QED) is 0.572. The number of fused-ring (bicyclic) bond motifs is 1. The Labute approximate surface area is 177 Å². The van der Waals surface area contributed by atoms with Crippen LogP contribution in [0.4, 0.5) is 0 Å². The first-order valence-corrected chi connectivity index (χ1v) is 10.7. The monoisotopic (exact) mass is 404 g/mol. The number of carbonyl (C=O) groups excluding carboxylic acids is 2. The standard InChI is InChI=1S/C25H28N2O3/c28-24(26-15-7-12-18-8-3-1-4-9-18)20-13-14-22-21(17-20)27-25(29)23(30-22)16-19-10-5-2-6-11-19/h1-6,8-11,16,20-22H,7,12-15,17H2,(H,26,28)(H,27,29)/b23-16+. The summed E-state index contributed by atoms with van der Waals surface area (Å²) in [6.07, 6.45) is 5.74. The van der Waals surface area contributed by atoms with Crippen LogP contribution in [0, 0.1) is 5.92 Å². The number of nitrogens with one attached hydrogen (secondary N) is 2. The minimum atomic E-state index is -0.205. The highest BCUT2D eigenvalue weighted by Gasteiger charge is 2.40. The second-order valence-corrected chi connectivity index (χ2v) is 8.05. The maximum absolute atomic E-state index is 12.6. The van der Waals surface area contributed by atoms with Gasteiger partial charge in [-0.25, -0.2) is 0 Å². The number of amides is 2. The lowest BCUT2D eigenvalue weighted by atomic mass is 9.82. The molecule has 2 fully saturated rings. The molecule has 2 amide bonds. The van der Waals surface area contributed by atoms with Crippen LogP contribution >= 0.6 is 0 Å². The number of morpholine rings is 1. The highest BCUT2D eigenvalue weighted by molar-refractivity contribution is 5.96. The van der Waals surface area contributed by atoms with Crippen molar-refractivity contribution in [1.29, 1.82) is 0 Å². The molecule has 4 rings (SSSR count). The maximum Gasteiger partial charge on any atom is 0.286 e. The minimum Gasteiger partial charge on any atom is -0.483 e. The van der Waals surface area contributed by atoms with Crippen molar-refractivity contribution < 1.29 is 14.3 Å². The van der Waals surface area contributed by atoms with Crippen LogP contribution in [0.15, 0.2) is 66.4 Å². The van der Waals surface area contributed by atoms with Gasteiger partial charge in [-0.15, -0.1) is 0 Å². The molecular weight excluding hydrogens is 376 g/mol. The third kappa shape index (κ3) is 5.09. The normalized spacial score (nSPS) is 24.5. The van der Waals surface area contributed by atoms with E-state index in [0.29, 0.717) is 18.7 Å². The molecule has 5 nitrogen and oxygen atoms in total. The van der Waals surface area contributed by atoms with Crippen LogP contribution in [0.25, 0.3) is 6.08 Å². The zero-order valence-corrected chi connectivity index (χ0v) is 17.1. The summed E-state index contributed by atoms with van der Waals surface area (Å²) in [6.45, 7) is 0.672. The van der Waals surface area contributed by atoms with E-state index in [4.69, 9.17) is 4.74 Å². The number of rotatable bonds is 6. The maximum atomic E-state index is 12.6. The number of hydrogen-bond donors (Lipinski definition) is 2. The smallest absolute Gasteiger partial charge is 0.286 e. The lowest BCUT2D eigenvalue weighted by Gasteiger charge is -2.39. The van der Waals surface area contributed by atoms with Crippen molar-refractivity contribution in [3.63, 3.8) is 0 Å². The van der Waals surface area contributed by atoms with Crippen molar-refractivity contribution in [3.8, 4) is 0 Å². The summed E-state index contributed by atoms with van der Waals surface area (Å²) in [5, 5.41) is 6.12. The van der Waals surface area contributed by atoms with Gasteiger partial charge in [0, 0.05) is 12.5 Å². The van der Waals surface area contributed by atoms with Crippen molar-refractivity contribution in [2.24, 2.45) is 5.92 Å². The molecule has 3 unspecified atom stereocenters. The molecule has 1 aliphatic heterocycles. The summed E-state index contributed by atoms with van der Waals surface area (Å²) >= 11 is 0. The van der Waals surface area contributed by atoms with E-state index in [1.807, 2.05) is 48.5 Å². The van der Waals surface area contributed by atoms with Crippen molar-refractivity contribution in [2.45, 2.75) is 44.2 Å². The number of carbonyl (C=O) groups is 2. The van der Waals surface area contributed by atoms with Crippen LogP contribution < -0.4 is 10.6 Å². The molecule has 1 heterocycles. The number of hydrogen-bond acceptors (Lipinski definition) is 3. The molecule has 0 bridgehead atoms. The van der Waals surface area contributed by atoms with Crippen LogP contribution in [0.5, 0.6) is 0 Å². The van der Waals surface area contributed by atoms with Gasteiger partial charge in [-0.05, 0) is 49.3 Å². The SMILES string of the molecule is O=C1NC2CC(C(=O)NCCCc3ccccc3)CCC2O/C1=C/c1ccccc1. The molecule has 1 aliphatic carbocycles. The first-order valence-electron chi connectivity index (χ1n) is 10.7. The summed E-state index contributed by atoms with van der Waals surface area (Å²) < 4.78 is 6.00. The molecule has 1 saturated carbocycles. The molecular formula is C25H28N2O3. The Hall–Kier alpha value is -3.08. The van der Waals surface area contributed by atoms with Gasteiger partial charge in [0.05, 0.1) is 6.04 Å². The minimum absolute atomic E-state index is 0.0696. The second-order valence-electron chi connectivity index (χ2n) is 8.05. The summed E-state index contributed by atoms with van der Waals surface area (Å²) in [6, 6.07) is 19.9. The highest BCUT2D eigenvalue weighted by Crippen LogP contribution is 2.31. The lowest BCUT2D eigenvalue weighted by molar-refractivity contribution is -0.134. The van der Waals surface area contributed by atoms with Crippen LogP contribution in [0.3, 0.4) is 0 Å². The molecule has 30 heavy (non-hydrogen) atoms. The van der Waals surface area contributed by atoms with E-state index >= 15 is 0 Å². The van der Waals surface area contributed by atoms with E-state index in [-0.39, 0.29) is 29.9 Å². The van der Waals surface area contributed by atoms with E-state index in [2.05, 4.69) is 22.8 Å². The Morgan fingerprint density at radius 2 is 1.80 bits per heavy atom. The van der Waals surface area contributed by atoms with Gasteiger partial charge < -0.3 is 15.4 Å². The number of ether oxygens (including phenoxy) is 1. The zero-order valence-electron chi connectivity index (χ0n) is 17.1. The molecule has 1 saturated heterocycles. The van der Waals surface area contributed by atoms with E-state index in [0.717, 1.165) is 31.2 Å². The van der Waals surface area contributed by atoms with E-state index in [9.17, 15) is 9.59 Å². The van der Waals surface area contributed by atoms with Crippen LogP contribution in [-0.4, -0.2) is 30.5 Å². The third-order valence-electron chi connectivity index (χ3n) is 5.86. The van der Waals surface area contributed by atoms with Gasteiger partial charge in [0.25, 0.3) is 5.91 Å².